The molecule has 1 fully saturated rings. The second kappa shape index (κ2) is 9.35. The van der Waals surface area contributed by atoms with E-state index in [9.17, 15) is 18.3 Å². The van der Waals surface area contributed by atoms with E-state index in [2.05, 4.69) is 4.98 Å². The molecule has 2 aromatic carbocycles. The molecule has 7 nitrogen and oxygen atoms in total. The number of pyridine rings is 1. The third-order valence-corrected chi connectivity index (χ3v) is 8.94. The highest BCUT2D eigenvalue weighted by Crippen LogP contribution is 2.45. The molecule has 0 saturated heterocycles. The number of carboxylic acids is 1. The Bertz CT molecular complexity index is 1310. The van der Waals surface area contributed by atoms with Gasteiger partial charge in [-0.3, -0.25) is 9.78 Å². The number of aromatic nitrogens is 1. The van der Waals surface area contributed by atoms with E-state index in [1.807, 2.05) is 44.2 Å². The second-order valence-corrected chi connectivity index (χ2v) is 10.9. The van der Waals surface area contributed by atoms with Crippen molar-refractivity contribution in [1.82, 2.24) is 9.29 Å². The van der Waals surface area contributed by atoms with Gasteiger partial charge < -0.3 is 9.84 Å². The average molecular weight is 483 g/mol. The molecular formula is C26H30N2O5S. The first-order valence-corrected chi connectivity index (χ1v) is 12.9. The monoisotopic (exact) mass is 482 g/mol. The Labute approximate surface area is 200 Å². The van der Waals surface area contributed by atoms with Gasteiger partial charge in [0.15, 0.2) is 0 Å². The quantitative estimate of drug-likeness (QED) is 0.496. The number of rotatable bonds is 8. The number of ether oxygens (including phenoxy) is 1. The van der Waals surface area contributed by atoms with Crippen molar-refractivity contribution in [3.05, 3.63) is 65.9 Å². The van der Waals surface area contributed by atoms with Crippen LogP contribution in [0, 0.1) is 12.3 Å². The zero-order valence-corrected chi connectivity index (χ0v) is 20.5. The maximum absolute atomic E-state index is 13.3. The minimum absolute atomic E-state index is 0.120. The summed E-state index contributed by atoms with van der Waals surface area (Å²) in [6.45, 7) is 4.08. The fourth-order valence-electron chi connectivity index (χ4n) is 5.11. The normalized spacial score (nSPS) is 20.6. The van der Waals surface area contributed by atoms with Crippen LogP contribution in [-0.2, 0) is 21.4 Å². The van der Waals surface area contributed by atoms with Gasteiger partial charge in [-0.1, -0.05) is 31.5 Å². The van der Waals surface area contributed by atoms with Gasteiger partial charge >= 0.3 is 5.97 Å². The van der Waals surface area contributed by atoms with Gasteiger partial charge in [-0.25, -0.2) is 8.42 Å². The first kappa shape index (κ1) is 24.2. The van der Waals surface area contributed by atoms with E-state index in [0.717, 1.165) is 22.2 Å². The Morgan fingerprint density at radius 3 is 2.59 bits per heavy atom. The molecule has 8 heteroatoms. The zero-order chi connectivity index (χ0) is 24.5. The number of aryl methyl sites for hydroxylation is 1. The van der Waals surface area contributed by atoms with Crippen LogP contribution in [0.3, 0.4) is 0 Å². The van der Waals surface area contributed by atoms with Crippen LogP contribution < -0.4 is 4.74 Å². The number of sulfonamides is 1. The molecule has 0 spiro atoms. The molecule has 1 aliphatic carbocycles. The Balaban J connectivity index is 1.52. The summed E-state index contributed by atoms with van der Waals surface area (Å²) in [6.07, 6.45) is 2.11. The van der Waals surface area contributed by atoms with Gasteiger partial charge in [0.2, 0.25) is 10.0 Å². The van der Waals surface area contributed by atoms with Crippen LogP contribution in [0.15, 0.2) is 59.5 Å². The summed E-state index contributed by atoms with van der Waals surface area (Å²) in [5.41, 5.74) is 1.77. The predicted octanol–water partition coefficient (Wildman–Crippen LogP) is 4.78. The van der Waals surface area contributed by atoms with Crippen LogP contribution in [0.2, 0.25) is 0 Å². The first-order valence-electron chi connectivity index (χ1n) is 11.5. The lowest BCUT2D eigenvalue weighted by molar-refractivity contribution is -0.151. The summed E-state index contributed by atoms with van der Waals surface area (Å²) >= 11 is 0. The van der Waals surface area contributed by atoms with Gasteiger partial charge in [-0.2, -0.15) is 4.31 Å². The topological polar surface area (TPSA) is 96.8 Å². The van der Waals surface area contributed by atoms with E-state index < -0.39 is 27.4 Å². The molecule has 1 saturated carbocycles. The molecular weight excluding hydrogens is 452 g/mol. The maximum Gasteiger partial charge on any atom is 0.311 e. The maximum atomic E-state index is 13.3. The van der Waals surface area contributed by atoms with Crippen LogP contribution in [0.5, 0.6) is 5.75 Å². The summed E-state index contributed by atoms with van der Waals surface area (Å²) in [4.78, 5) is 16.7. The molecule has 0 amide bonds. The summed E-state index contributed by atoms with van der Waals surface area (Å²) in [5.74, 6) is -0.378. The SMILES string of the molecule is CCC1(C(=O)O)CCCC1N(C)S(=O)(=O)c1ccc(OCc2cc(C)nc3ccccc23)cc1. The van der Waals surface area contributed by atoms with E-state index >= 15 is 0 Å². The molecule has 0 aliphatic heterocycles. The lowest BCUT2D eigenvalue weighted by Crippen LogP contribution is -2.49. The molecule has 34 heavy (non-hydrogen) atoms. The summed E-state index contributed by atoms with van der Waals surface area (Å²) < 4.78 is 33.8. The predicted molar refractivity (Wildman–Crippen MR) is 130 cm³/mol. The lowest BCUT2D eigenvalue weighted by Gasteiger charge is -2.35. The van der Waals surface area contributed by atoms with Gasteiger partial charge in [0.1, 0.15) is 12.4 Å². The van der Waals surface area contributed by atoms with Crippen molar-refractivity contribution >= 4 is 26.9 Å². The summed E-state index contributed by atoms with van der Waals surface area (Å²) in [5, 5.41) is 10.9. The number of aliphatic carboxylic acids is 1. The Hall–Kier alpha value is -2.97. The van der Waals surface area contributed by atoms with Gasteiger partial charge in [0.05, 0.1) is 15.8 Å². The highest BCUT2D eigenvalue weighted by molar-refractivity contribution is 7.89. The molecule has 0 radical (unpaired) electrons. The molecule has 2 unspecified atom stereocenters. The van der Waals surface area contributed by atoms with Crippen molar-refractivity contribution in [2.24, 2.45) is 5.41 Å². The van der Waals surface area contributed by atoms with Crippen LogP contribution in [-0.4, -0.2) is 41.9 Å². The molecule has 2 atom stereocenters. The molecule has 180 valence electrons. The van der Waals surface area contributed by atoms with Gasteiger partial charge in [-0.05, 0) is 62.6 Å². The first-order chi connectivity index (χ1) is 16.2. The zero-order valence-electron chi connectivity index (χ0n) is 19.7. The number of hydrogen-bond acceptors (Lipinski definition) is 5. The standard InChI is InChI=1S/C26H30N2O5S/c1-4-26(25(29)30)15-7-10-24(26)28(3)34(31,32)21-13-11-20(12-14-21)33-17-19-16-18(2)27-23-9-6-5-8-22(19)23/h5-6,8-9,11-14,16,24H,4,7,10,15,17H2,1-3H3,(H,29,30). The fraction of sp³-hybridized carbons (Fsp3) is 0.385. The highest BCUT2D eigenvalue weighted by Gasteiger charge is 2.52. The fourth-order valence-corrected chi connectivity index (χ4v) is 6.57. The molecule has 4 rings (SSSR count). The number of benzene rings is 2. The summed E-state index contributed by atoms with van der Waals surface area (Å²) in [6, 6.07) is 15.6. The van der Waals surface area contributed by atoms with Gasteiger partial charge in [0.25, 0.3) is 0 Å². The number of nitrogens with zero attached hydrogens (tertiary/aromatic N) is 2. The Morgan fingerprint density at radius 1 is 1.21 bits per heavy atom. The molecule has 1 aromatic heterocycles. The largest absolute Gasteiger partial charge is 0.489 e. The average Bonchev–Trinajstić information content (AvgIpc) is 3.27. The Kier molecular flexibility index (Phi) is 6.64. The third kappa shape index (κ3) is 4.28. The smallest absolute Gasteiger partial charge is 0.311 e. The molecule has 3 aromatic rings. The number of fused-ring (bicyclic) bond motifs is 1. The number of carboxylic acid groups (broad SMARTS) is 1. The molecule has 1 heterocycles. The van der Waals surface area contributed by atoms with Gasteiger partial charge in [-0.15, -0.1) is 0 Å². The molecule has 1 aliphatic rings. The van der Waals surface area contributed by atoms with Crippen LogP contribution in [0.25, 0.3) is 10.9 Å². The van der Waals surface area contributed by atoms with Gasteiger partial charge in [0, 0.05) is 29.7 Å². The number of hydrogen-bond donors (Lipinski definition) is 1. The second-order valence-electron chi connectivity index (χ2n) is 8.94. The summed E-state index contributed by atoms with van der Waals surface area (Å²) in [7, 11) is -2.36. The van der Waals surface area contributed by atoms with Crippen molar-refractivity contribution in [3.63, 3.8) is 0 Å². The van der Waals surface area contributed by atoms with E-state index in [1.54, 1.807) is 12.1 Å². The van der Waals surface area contributed by atoms with Crippen LogP contribution in [0.4, 0.5) is 0 Å². The minimum atomic E-state index is -3.85. The van der Waals surface area contributed by atoms with Crippen molar-refractivity contribution in [2.75, 3.05) is 7.05 Å². The van der Waals surface area contributed by atoms with E-state index in [0.29, 0.717) is 38.0 Å². The van der Waals surface area contributed by atoms with Crippen molar-refractivity contribution < 1.29 is 23.1 Å². The number of para-hydroxylation sites is 1. The lowest BCUT2D eigenvalue weighted by atomic mass is 9.80. The third-order valence-electron chi connectivity index (χ3n) is 7.06. The van der Waals surface area contributed by atoms with E-state index in [4.69, 9.17) is 4.74 Å². The van der Waals surface area contributed by atoms with E-state index in [-0.39, 0.29) is 4.90 Å². The Morgan fingerprint density at radius 2 is 1.91 bits per heavy atom. The minimum Gasteiger partial charge on any atom is -0.489 e. The van der Waals surface area contributed by atoms with Crippen LogP contribution in [0.1, 0.15) is 43.9 Å². The molecule has 0 bridgehead atoms. The van der Waals surface area contributed by atoms with Crippen LogP contribution >= 0.6 is 0 Å². The van der Waals surface area contributed by atoms with E-state index in [1.165, 1.54) is 23.5 Å². The number of carbonyl (C=O) groups is 1. The van der Waals surface area contributed by atoms with Crippen molar-refractivity contribution in [2.45, 2.75) is 57.1 Å². The highest BCUT2D eigenvalue weighted by atomic mass is 32.2. The molecule has 1 N–H and O–H groups in total. The van der Waals surface area contributed by atoms with Crippen molar-refractivity contribution in [3.8, 4) is 5.75 Å². The van der Waals surface area contributed by atoms with Crippen molar-refractivity contribution in [1.29, 1.82) is 0 Å².